The Morgan fingerprint density at radius 2 is 2.06 bits per heavy atom. The van der Waals surface area contributed by atoms with Crippen LogP contribution in [0.4, 0.5) is 5.95 Å². The van der Waals surface area contributed by atoms with Crippen molar-refractivity contribution >= 4 is 11.9 Å². The summed E-state index contributed by atoms with van der Waals surface area (Å²) in [7, 11) is 0. The molecule has 0 radical (unpaired) electrons. The molecule has 0 aliphatic heterocycles. The summed E-state index contributed by atoms with van der Waals surface area (Å²) < 4.78 is 0. The van der Waals surface area contributed by atoms with Crippen LogP contribution in [-0.4, -0.2) is 21.1 Å². The van der Waals surface area contributed by atoms with Gasteiger partial charge in [0.1, 0.15) is 5.82 Å². The van der Waals surface area contributed by atoms with E-state index in [1.54, 1.807) is 0 Å². The van der Waals surface area contributed by atoms with Crippen LogP contribution >= 0.6 is 0 Å². The molecule has 90 valence electrons. The molecule has 2 N–H and O–H groups in total. The molecule has 1 amide bonds. The van der Waals surface area contributed by atoms with Crippen molar-refractivity contribution in [1.29, 1.82) is 0 Å². The molecule has 5 nitrogen and oxygen atoms in total. The second-order valence-electron chi connectivity index (χ2n) is 5.75. The van der Waals surface area contributed by atoms with Gasteiger partial charge in [-0.3, -0.25) is 15.2 Å². The molecule has 5 heteroatoms. The molecule has 3 aliphatic rings. The lowest BCUT2D eigenvalue weighted by molar-refractivity contribution is -0.118. The fourth-order valence-electron chi connectivity index (χ4n) is 4.27. The number of nitrogens with one attached hydrogen (secondary N) is 2. The van der Waals surface area contributed by atoms with Gasteiger partial charge in [0.25, 0.3) is 0 Å². The molecule has 0 aromatic carbocycles. The van der Waals surface area contributed by atoms with Crippen molar-refractivity contribution in [2.24, 2.45) is 29.6 Å². The molecule has 1 aromatic rings. The number of hydrogen-bond donors (Lipinski definition) is 2. The van der Waals surface area contributed by atoms with Crippen LogP contribution in [0.1, 0.15) is 25.1 Å². The number of hydrogen-bond acceptors (Lipinski definition) is 3. The van der Waals surface area contributed by atoms with Gasteiger partial charge >= 0.3 is 0 Å². The number of rotatable bonds is 2. The lowest BCUT2D eigenvalue weighted by Crippen LogP contribution is -2.19. The fraction of sp³-hybridized carbons (Fsp3) is 0.750. The number of carbonyl (C=O) groups excluding carboxylic acids is 1. The normalized spacial score (nSPS) is 41.4. The molecule has 1 aromatic heterocycles. The number of aryl methyl sites for hydroxylation is 1. The smallest absolute Gasteiger partial charge is 0.248 e. The van der Waals surface area contributed by atoms with Crippen molar-refractivity contribution in [3.63, 3.8) is 0 Å². The Bertz CT molecular complexity index is 467. The number of H-pyrrole nitrogens is 1. The summed E-state index contributed by atoms with van der Waals surface area (Å²) in [5, 5.41) is 9.51. The average molecular weight is 232 g/mol. The van der Waals surface area contributed by atoms with E-state index in [1.165, 1.54) is 19.3 Å². The van der Waals surface area contributed by atoms with Gasteiger partial charge < -0.3 is 0 Å². The van der Waals surface area contributed by atoms with E-state index in [-0.39, 0.29) is 11.8 Å². The minimum Gasteiger partial charge on any atom is -0.293 e. The van der Waals surface area contributed by atoms with Crippen LogP contribution in [0.5, 0.6) is 0 Å². The summed E-state index contributed by atoms with van der Waals surface area (Å²) in [6.07, 6.45) is 4.06. The molecule has 0 saturated heterocycles. The Morgan fingerprint density at radius 1 is 1.35 bits per heavy atom. The van der Waals surface area contributed by atoms with Crippen LogP contribution in [0.15, 0.2) is 0 Å². The molecule has 3 aliphatic carbocycles. The first-order valence-electron chi connectivity index (χ1n) is 6.44. The van der Waals surface area contributed by atoms with Crippen molar-refractivity contribution in [2.45, 2.75) is 26.2 Å². The van der Waals surface area contributed by atoms with Gasteiger partial charge in [-0.2, -0.15) is 4.98 Å². The standard InChI is InChI=1S/C12H16N4O/c1-5-13-12(16-15-5)14-11(17)10-8-6-2-3-7(4-6)9(8)10/h6-10H,2-4H2,1H3,(H2,13,14,15,16,17). The van der Waals surface area contributed by atoms with Gasteiger partial charge in [-0.1, -0.05) is 0 Å². The Labute approximate surface area is 99.4 Å². The molecule has 4 rings (SSSR count). The molecule has 0 spiro atoms. The maximum atomic E-state index is 12.1. The van der Waals surface area contributed by atoms with Crippen LogP contribution < -0.4 is 5.32 Å². The van der Waals surface area contributed by atoms with Crippen LogP contribution in [-0.2, 0) is 4.79 Å². The highest BCUT2D eigenvalue weighted by atomic mass is 16.2. The van der Waals surface area contributed by atoms with Gasteiger partial charge in [0.15, 0.2) is 0 Å². The van der Waals surface area contributed by atoms with Crippen molar-refractivity contribution in [1.82, 2.24) is 15.2 Å². The van der Waals surface area contributed by atoms with Crippen LogP contribution in [0, 0.1) is 36.5 Å². The lowest BCUT2D eigenvalue weighted by Gasteiger charge is -2.07. The zero-order chi connectivity index (χ0) is 11.6. The van der Waals surface area contributed by atoms with Crippen molar-refractivity contribution in [3.8, 4) is 0 Å². The number of amides is 1. The first-order chi connectivity index (χ1) is 8.24. The number of fused-ring (bicyclic) bond motifs is 5. The van der Waals surface area contributed by atoms with Gasteiger partial charge in [-0.15, -0.1) is 5.10 Å². The summed E-state index contributed by atoms with van der Waals surface area (Å²) in [6, 6.07) is 0. The molecule has 1 heterocycles. The summed E-state index contributed by atoms with van der Waals surface area (Å²) >= 11 is 0. The van der Waals surface area contributed by atoms with E-state index in [0.717, 1.165) is 17.7 Å². The summed E-state index contributed by atoms with van der Waals surface area (Å²) in [6.45, 7) is 1.83. The molecule has 3 fully saturated rings. The Kier molecular flexibility index (Phi) is 1.75. The molecular formula is C12H16N4O. The van der Waals surface area contributed by atoms with Crippen molar-refractivity contribution in [3.05, 3.63) is 5.82 Å². The molecular weight excluding hydrogens is 216 g/mol. The fourth-order valence-corrected chi connectivity index (χ4v) is 4.27. The van der Waals surface area contributed by atoms with E-state index in [2.05, 4.69) is 20.5 Å². The molecule has 4 atom stereocenters. The first-order valence-corrected chi connectivity index (χ1v) is 6.44. The van der Waals surface area contributed by atoms with E-state index < -0.39 is 0 Å². The summed E-state index contributed by atoms with van der Waals surface area (Å²) in [4.78, 5) is 16.2. The lowest BCUT2D eigenvalue weighted by atomic mass is 10.0. The molecule has 4 unspecified atom stereocenters. The summed E-state index contributed by atoms with van der Waals surface area (Å²) in [5.41, 5.74) is 0. The van der Waals surface area contributed by atoms with E-state index in [4.69, 9.17) is 0 Å². The number of carbonyl (C=O) groups is 1. The van der Waals surface area contributed by atoms with Gasteiger partial charge in [0.05, 0.1) is 0 Å². The zero-order valence-electron chi connectivity index (χ0n) is 9.81. The largest absolute Gasteiger partial charge is 0.293 e. The molecule has 17 heavy (non-hydrogen) atoms. The Morgan fingerprint density at radius 3 is 2.65 bits per heavy atom. The minimum absolute atomic E-state index is 0.135. The predicted octanol–water partition coefficient (Wildman–Crippen LogP) is 1.34. The second kappa shape index (κ2) is 3.09. The monoisotopic (exact) mass is 232 g/mol. The number of aromatic nitrogens is 3. The van der Waals surface area contributed by atoms with Crippen molar-refractivity contribution in [2.75, 3.05) is 5.32 Å². The third-order valence-electron chi connectivity index (χ3n) is 4.87. The van der Waals surface area contributed by atoms with Gasteiger partial charge in [0, 0.05) is 5.92 Å². The van der Waals surface area contributed by atoms with E-state index in [0.29, 0.717) is 17.8 Å². The predicted molar refractivity (Wildman–Crippen MR) is 61.1 cm³/mol. The topological polar surface area (TPSA) is 70.7 Å². The number of anilines is 1. The maximum absolute atomic E-state index is 12.1. The van der Waals surface area contributed by atoms with Gasteiger partial charge in [0.2, 0.25) is 11.9 Å². The summed E-state index contributed by atoms with van der Waals surface area (Å²) in [5.74, 6) is 4.55. The highest BCUT2D eigenvalue weighted by Crippen LogP contribution is 2.69. The third-order valence-corrected chi connectivity index (χ3v) is 4.87. The molecule has 3 saturated carbocycles. The van der Waals surface area contributed by atoms with Crippen molar-refractivity contribution < 1.29 is 4.79 Å². The minimum atomic E-state index is 0.135. The van der Waals surface area contributed by atoms with E-state index >= 15 is 0 Å². The van der Waals surface area contributed by atoms with E-state index in [9.17, 15) is 4.79 Å². The van der Waals surface area contributed by atoms with Crippen LogP contribution in [0.25, 0.3) is 0 Å². The van der Waals surface area contributed by atoms with Crippen LogP contribution in [0.2, 0.25) is 0 Å². The van der Waals surface area contributed by atoms with Crippen LogP contribution in [0.3, 0.4) is 0 Å². The SMILES string of the molecule is Cc1nc(NC(=O)C2C3C4CCC(C4)C23)n[nH]1. The highest BCUT2D eigenvalue weighted by molar-refractivity contribution is 5.93. The second-order valence-corrected chi connectivity index (χ2v) is 5.75. The Balaban J connectivity index is 1.46. The first kappa shape index (κ1) is 9.62. The molecule has 2 bridgehead atoms. The van der Waals surface area contributed by atoms with E-state index in [1.807, 2.05) is 6.92 Å². The third kappa shape index (κ3) is 1.28. The maximum Gasteiger partial charge on any atom is 0.248 e. The average Bonchev–Trinajstić information content (AvgIpc) is 2.65. The number of aromatic amines is 1. The van der Waals surface area contributed by atoms with Gasteiger partial charge in [-0.05, 0) is 49.9 Å². The Hall–Kier alpha value is -1.39. The number of nitrogens with zero attached hydrogens (tertiary/aromatic N) is 2. The quantitative estimate of drug-likeness (QED) is 0.808. The van der Waals surface area contributed by atoms with Gasteiger partial charge in [-0.25, -0.2) is 0 Å². The zero-order valence-corrected chi connectivity index (χ0v) is 9.81. The highest BCUT2D eigenvalue weighted by Gasteiger charge is 2.67.